The van der Waals surface area contributed by atoms with E-state index < -0.39 is 22.7 Å². The number of carbonyl (C=O) groups is 1. The number of aliphatic hydroxyl groups excluding tert-OH is 1. The van der Waals surface area contributed by atoms with Gasteiger partial charge in [0.15, 0.2) is 5.78 Å². The van der Waals surface area contributed by atoms with Gasteiger partial charge in [0.05, 0.1) is 11.7 Å². The Labute approximate surface area is 200 Å². The van der Waals surface area contributed by atoms with E-state index in [0.29, 0.717) is 42.9 Å². The fourth-order valence-electron chi connectivity index (χ4n) is 8.30. The summed E-state index contributed by atoms with van der Waals surface area (Å²) < 4.78 is 0. The predicted molar refractivity (Wildman–Crippen MR) is 131 cm³/mol. The standard InChI is InChI=1S/C29H46O4/c1-18(2)19(3)8-9-20(4)22-11-12-26(6)23-16-24(31)29(33)17-21(30)10-13-27(29,7)28(23,32)15-14-25(22,26)5/h8-9,16,18-22,30,32-33H,10-15,17H2,1-7H3/b9-8+/t19-,20+,21-,22+,25+,26-,27+,28+,29-/m0/s1. The number of hydrogen-bond donors (Lipinski definition) is 3. The van der Waals surface area contributed by atoms with Gasteiger partial charge in [0.2, 0.25) is 0 Å². The second-order valence-electron chi connectivity index (χ2n) is 13.1. The van der Waals surface area contributed by atoms with Crippen LogP contribution < -0.4 is 0 Å². The van der Waals surface area contributed by atoms with Gasteiger partial charge in [0.25, 0.3) is 0 Å². The highest BCUT2D eigenvalue weighted by Gasteiger charge is 2.73. The fraction of sp³-hybridized carbons (Fsp3) is 0.828. The van der Waals surface area contributed by atoms with Gasteiger partial charge >= 0.3 is 0 Å². The second kappa shape index (κ2) is 7.77. The third kappa shape index (κ3) is 3.16. The topological polar surface area (TPSA) is 77.8 Å². The van der Waals surface area contributed by atoms with Gasteiger partial charge in [-0.3, -0.25) is 4.79 Å². The Balaban J connectivity index is 1.73. The Morgan fingerprint density at radius 3 is 2.24 bits per heavy atom. The van der Waals surface area contributed by atoms with Crippen molar-refractivity contribution in [1.29, 1.82) is 0 Å². The van der Waals surface area contributed by atoms with Crippen LogP contribution in [-0.2, 0) is 4.79 Å². The van der Waals surface area contributed by atoms with Crippen molar-refractivity contribution in [3.8, 4) is 0 Å². The Morgan fingerprint density at radius 1 is 0.939 bits per heavy atom. The summed E-state index contributed by atoms with van der Waals surface area (Å²) in [6.07, 6.45) is 10.1. The van der Waals surface area contributed by atoms with Crippen molar-refractivity contribution in [2.45, 2.75) is 111 Å². The zero-order valence-corrected chi connectivity index (χ0v) is 21.8. The first-order valence-electron chi connectivity index (χ1n) is 13.2. The molecule has 0 unspecified atom stereocenters. The summed E-state index contributed by atoms with van der Waals surface area (Å²) in [6, 6.07) is 0. The van der Waals surface area contributed by atoms with Crippen LogP contribution in [0.25, 0.3) is 0 Å². The fourth-order valence-corrected chi connectivity index (χ4v) is 8.30. The normalized spacial score (nSPS) is 49.4. The van der Waals surface area contributed by atoms with Crippen LogP contribution in [0.1, 0.15) is 93.4 Å². The Morgan fingerprint density at radius 2 is 1.61 bits per heavy atom. The van der Waals surface area contributed by atoms with Crippen LogP contribution in [0.5, 0.6) is 0 Å². The zero-order valence-electron chi connectivity index (χ0n) is 21.8. The minimum absolute atomic E-state index is 0.0148. The smallest absolute Gasteiger partial charge is 0.188 e. The summed E-state index contributed by atoms with van der Waals surface area (Å²) in [5, 5.41) is 34.2. The molecular formula is C29H46O4. The SMILES string of the molecule is CC(C)[C@@H](C)/C=C/[C@@H](C)[C@H]1CC[C@@]2(C)C3=CC(=O)[C@@]4(O)C[C@@H](O)CC[C@]4(C)[C@@]3(O)CC[C@]12C. The third-order valence-corrected chi connectivity index (χ3v) is 11.5. The molecule has 0 amide bonds. The molecule has 0 saturated heterocycles. The lowest BCUT2D eigenvalue weighted by Gasteiger charge is -2.66. The maximum atomic E-state index is 13.4. The van der Waals surface area contributed by atoms with Crippen molar-refractivity contribution in [1.82, 2.24) is 0 Å². The van der Waals surface area contributed by atoms with Crippen molar-refractivity contribution in [2.24, 2.45) is 39.9 Å². The third-order valence-electron chi connectivity index (χ3n) is 11.5. The summed E-state index contributed by atoms with van der Waals surface area (Å²) in [5.41, 5.74) is -3.34. The van der Waals surface area contributed by atoms with Crippen LogP contribution in [0.2, 0.25) is 0 Å². The number of allylic oxidation sites excluding steroid dienone is 2. The number of carbonyl (C=O) groups excluding carboxylic acids is 1. The van der Waals surface area contributed by atoms with Crippen molar-refractivity contribution >= 4 is 5.78 Å². The van der Waals surface area contributed by atoms with Crippen LogP contribution in [0.3, 0.4) is 0 Å². The molecule has 0 aromatic rings. The summed E-state index contributed by atoms with van der Waals surface area (Å²) in [6.45, 7) is 15.6. The number of rotatable bonds is 4. The maximum Gasteiger partial charge on any atom is 0.188 e. The average molecular weight is 459 g/mol. The molecule has 0 bridgehead atoms. The minimum atomic E-state index is -1.70. The summed E-state index contributed by atoms with van der Waals surface area (Å²) >= 11 is 0. The van der Waals surface area contributed by atoms with Gasteiger partial charge in [-0.1, -0.05) is 60.6 Å². The number of fused-ring (bicyclic) bond motifs is 5. The number of ketones is 1. The second-order valence-corrected chi connectivity index (χ2v) is 13.1. The van der Waals surface area contributed by atoms with Crippen LogP contribution in [-0.4, -0.2) is 38.4 Å². The molecule has 3 N–H and O–H groups in total. The van der Waals surface area contributed by atoms with Gasteiger partial charge in [0.1, 0.15) is 5.60 Å². The lowest BCUT2D eigenvalue weighted by Crippen LogP contribution is -2.72. The van der Waals surface area contributed by atoms with Crippen LogP contribution in [0, 0.1) is 39.9 Å². The molecule has 0 spiro atoms. The summed E-state index contributed by atoms with van der Waals surface area (Å²) in [7, 11) is 0. The lowest BCUT2D eigenvalue weighted by molar-refractivity contribution is -0.229. The van der Waals surface area contributed by atoms with Crippen molar-refractivity contribution in [2.75, 3.05) is 0 Å². The van der Waals surface area contributed by atoms with Crippen molar-refractivity contribution in [3.63, 3.8) is 0 Å². The van der Waals surface area contributed by atoms with Crippen molar-refractivity contribution in [3.05, 3.63) is 23.8 Å². The van der Waals surface area contributed by atoms with Crippen LogP contribution >= 0.6 is 0 Å². The Hall–Kier alpha value is -0.970. The first kappa shape index (κ1) is 25.1. The molecule has 9 atom stereocenters. The van der Waals surface area contributed by atoms with Gasteiger partial charge in [-0.15, -0.1) is 0 Å². The first-order valence-corrected chi connectivity index (χ1v) is 13.2. The molecule has 4 rings (SSSR count). The lowest BCUT2D eigenvalue weighted by atomic mass is 9.40. The molecule has 0 heterocycles. The van der Waals surface area contributed by atoms with Gasteiger partial charge in [0, 0.05) is 11.8 Å². The number of aliphatic hydroxyl groups is 3. The van der Waals surface area contributed by atoms with E-state index in [1.807, 2.05) is 6.92 Å². The van der Waals surface area contributed by atoms with Crippen LogP contribution in [0.4, 0.5) is 0 Å². The van der Waals surface area contributed by atoms with E-state index in [1.54, 1.807) is 6.08 Å². The van der Waals surface area contributed by atoms with E-state index in [-0.39, 0.29) is 23.0 Å². The summed E-state index contributed by atoms with van der Waals surface area (Å²) in [5.74, 6) is 1.76. The highest BCUT2D eigenvalue weighted by atomic mass is 16.3. The van der Waals surface area contributed by atoms with E-state index in [9.17, 15) is 20.1 Å². The Kier molecular flexibility index (Phi) is 5.91. The molecule has 0 aromatic carbocycles. The maximum absolute atomic E-state index is 13.4. The van der Waals surface area contributed by atoms with E-state index in [2.05, 4.69) is 53.7 Å². The quantitative estimate of drug-likeness (QED) is 0.506. The van der Waals surface area contributed by atoms with Gasteiger partial charge in [-0.2, -0.15) is 0 Å². The van der Waals surface area contributed by atoms with Crippen LogP contribution in [0.15, 0.2) is 23.8 Å². The number of hydrogen-bond acceptors (Lipinski definition) is 4. The molecule has 33 heavy (non-hydrogen) atoms. The molecule has 186 valence electrons. The molecule has 4 aliphatic carbocycles. The average Bonchev–Trinajstić information content (AvgIpc) is 3.02. The van der Waals surface area contributed by atoms with E-state index in [0.717, 1.165) is 24.8 Å². The molecule has 4 nitrogen and oxygen atoms in total. The molecular weight excluding hydrogens is 412 g/mol. The highest BCUT2D eigenvalue weighted by molar-refractivity contribution is 6.00. The van der Waals surface area contributed by atoms with E-state index in [4.69, 9.17) is 0 Å². The molecule has 0 aliphatic heterocycles. The van der Waals surface area contributed by atoms with Gasteiger partial charge < -0.3 is 15.3 Å². The Bertz CT molecular complexity index is 875. The van der Waals surface area contributed by atoms with E-state index in [1.165, 1.54) is 0 Å². The molecule has 3 fully saturated rings. The van der Waals surface area contributed by atoms with E-state index >= 15 is 0 Å². The summed E-state index contributed by atoms with van der Waals surface area (Å²) in [4.78, 5) is 13.4. The van der Waals surface area contributed by atoms with Gasteiger partial charge in [-0.05, 0) is 84.7 Å². The highest BCUT2D eigenvalue weighted by Crippen LogP contribution is 2.73. The molecule has 4 aliphatic rings. The minimum Gasteiger partial charge on any atom is -0.393 e. The molecule has 4 heteroatoms. The predicted octanol–water partition coefficient (Wildman–Crippen LogP) is 5.21. The molecule has 3 saturated carbocycles. The molecule has 0 aromatic heterocycles. The zero-order chi connectivity index (χ0) is 24.6. The monoisotopic (exact) mass is 458 g/mol. The van der Waals surface area contributed by atoms with Crippen molar-refractivity contribution < 1.29 is 20.1 Å². The largest absolute Gasteiger partial charge is 0.393 e. The first-order chi connectivity index (χ1) is 15.2. The van der Waals surface area contributed by atoms with Gasteiger partial charge in [-0.25, -0.2) is 0 Å². The molecule has 0 radical (unpaired) electrons.